The van der Waals surface area contributed by atoms with E-state index in [4.69, 9.17) is 4.74 Å². The van der Waals surface area contributed by atoms with Crippen LogP contribution in [0.5, 0.6) is 5.88 Å². The molecule has 0 atom stereocenters. The largest absolute Gasteiger partial charge is 0.403 e. The lowest BCUT2D eigenvalue weighted by atomic mass is 9.96. The Balaban J connectivity index is 1.75. The summed E-state index contributed by atoms with van der Waals surface area (Å²) in [6, 6.07) is 4.60. The van der Waals surface area contributed by atoms with Gasteiger partial charge in [0.25, 0.3) is 0 Å². The summed E-state index contributed by atoms with van der Waals surface area (Å²) in [6.07, 6.45) is 7.27. The van der Waals surface area contributed by atoms with Gasteiger partial charge in [0.2, 0.25) is 5.88 Å². The second-order valence-electron chi connectivity index (χ2n) is 8.20. The van der Waals surface area contributed by atoms with Gasteiger partial charge in [0.05, 0.1) is 23.3 Å². The molecule has 3 heterocycles. The number of ketones is 1. The Labute approximate surface area is 201 Å². The van der Waals surface area contributed by atoms with E-state index in [-0.39, 0.29) is 34.0 Å². The highest BCUT2D eigenvalue weighted by Gasteiger charge is 2.27. The summed E-state index contributed by atoms with van der Waals surface area (Å²) in [6.45, 7) is 3.53. The molecule has 0 aliphatic rings. The Kier molecular flexibility index (Phi) is 6.15. The van der Waals surface area contributed by atoms with E-state index in [0.717, 1.165) is 6.26 Å². The lowest BCUT2D eigenvalue weighted by Crippen LogP contribution is -2.16. The Hall–Kier alpha value is -4.06. The number of sulfone groups is 1. The molecular weight excluding hydrogens is 472 g/mol. The predicted molar refractivity (Wildman–Crippen MR) is 125 cm³/mol. The van der Waals surface area contributed by atoms with Gasteiger partial charge < -0.3 is 4.74 Å². The first-order valence-electron chi connectivity index (χ1n) is 10.6. The van der Waals surface area contributed by atoms with Crippen molar-refractivity contribution in [3.8, 4) is 5.88 Å². The van der Waals surface area contributed by atoms with E-state index in [9.17, 15) is 18.0 Å². The van der Waals surface area contributed by atoms with Gasteiger partial charge in [-0.3, -0.25) is 14.2 Å². The topological polar surface area (TPSA) is 131 Å². The number of aromatic nitrogens is 6. The van der Waals surface area contributed by atoms with Crippen LogP contribution in [0.15, 0.2) is 47.9 Å². The summed E-state index contributed by atoms with van der Waals surface area (Å²) in [7, 11) is -0.324. The minimum atomic E-state index is -3.57. The molecule has 0 saturated carbocycles. The number of aryl methyl sites for hydroxylation is 3. The second kappa shape index (κ2) is 8.95. The maximum atomic E-state index is 13.6. The third kappa shape index (κ3) is 4.64. The zero-order valence-electron chi connectivity index (χ0n) is 19.9. The maximum absolute atomic E-state index is 13.6. The van der Waals surface area contributed by atoms with Gasteiger partial charge in [-0.05, 0) is 43.2 Å². The van der Waals surface area contributed by atoms with Crippen molar-refractivity contribution in [1.82, 2.24) is 29.3 Å². The molecule has 0 spiro atoms. The van der Waals surface area contributed by atoms with Crippen molar-refractivity contribution < 1.29 is 22.7 Å². The number of rotatable bonds is 7. The Morgan fingerprint density at radius 2 is 1.80 bits per heavy atom. The van der Waals surface area contributed by atoms with Crippen molar-refractivity contribution >= 4 is 21.6 Å². The molecule has 1 aromatic carbocycles. The third-order valence-electron chi connectivity index (χ3n) is 5.63. The SMILES string of the molecule is Cc1nn(C)cc1C(=O)Oc1c(C(=O)c2ccc(S(C)(=O)=O)c(Cn3cccn3)c2C)cnn1C. The van der Waals surface area contributed by atoms with Crippen LogP contribution in [0.25, 0.3) is 0 Å². The Morgan fingerprint density at radius 3 is 2.40 bits per heavy atom. The highest BCUT2D eigenvalue weighted by molar-refractivity contribution is 7.90. The van der Waals surface area contributed by atoms with Crippen LogP contribution in [0.3, 0.4) is 0 Å². The quantitative estimate of drug-likeness (QED) is 0.280. The normalized spacial score (nSPS) is 11.6. The molecule has 4 rings (SSSR count). The molecule has 0 bridgehead atoms. The highest BCUT2D eigenvalue weighted by atomic mass is 32.2. The molecule has 3 aromatic heterocycles. The van der Waals surface area contributed by atoms with Gasteiger partial charge in [-0.1, -0.05) is 0 Å². The molecule has 0 radical (unpaired) electrons. The van der Waals surface area contributed by atoms with Crippen LogP contribution in [0.1, 0.15) is 43.1 Å². The first-order chi connectivity index (χ1) is 16.5. The predicted octanol–water partition coefficient (Wildman–Crippen LogP) is 1.87. The maximum Gasteiger partial charge on any atom is 0.348 e. The van der Waals surface area contributed by atoms with E-state index in [0.29, 0.717) is 16.8 Å². The molecule has 0 saturated heterocycles. The van der Waals surface area contributed by atoms with Gasteiger partial charge in [-0.25, -0.2) is 17.9 Å². The Morgan fingerprint density at radius 1 is 1.06 bits per heavy atom. The van der Waals surface area contributed by atoms with E-state index in [1.54, 1.807) is 51.1 Å². The Bertz CT molecular complexity index is 1550. The standard InChI is InChI=1S/C23H24N6O5S/c1-14-16(7-8-20(35(5,32)33)18(14)13-29-10-6-9-24-29)21(30)17-11-25-28(4)22(17)34-23(31)19-12-27(3)26-15(19)2/h6-12H,13H2,1-5H3. The summed E-state index contributed by atoms with van der Waals surface area (Å²) < 4.78 is 34.8. The van der Waals surface area contributed by atoms with Crippen molar-refractivity contribution in [2.24, 2.45) is 14.1 Å². The van der Waals surface area contributed by atoms with Crippen molar-refractivity contribution in [2.45, 2.75) is 25.3 Å². The monoisotopic (exact) mass is 496 g/mol. The molecule has 0 unspecified atom stereocenters. The molecule has 0 aliphatic heterocycles. The minimum absolute atomic E-state index is 0.0246. The van der Waals surface area contributed by atoms with E-state index >= 15 is 0 Å². The summed E-state index contributed by atoms with van der Waals surface area (Å²) in [5.74, 6) is -1.15. The summed E-state index contributed by atoms with van der Waals surface area (Å²) in [5, 5.41) is 12.4. The molecule has 4 aromatic rings. The first kappa shape index (κ1) is 24.1. The van der Waals surface area contributed by atoms with Crippen LogP contribution in [0.2, 0.25) is 0 Å². The number of esters is 1. The van der Waals surface area contributed by atoms with E-state index in [2.05, 4.69) is 15.3 Å². The fourth-order valence-corrected chi connectivity index (χ4v) is 4.85. The molecular formula is C23H24N6O5S. The number of carbonyl (C=O) groups excluding carboxylic acids is 2. The molecule has 11 nitrogen and oxygen atoms in total. The van der Waals surface area contributed by atoms with E-state index < -0.39 is 21.6 Å². The third-order valence-corrected chi connectivity index (χ3v) is 6.81. The van der Waals surface area contributed by atoms with Crippen LogP contribution >= 0.6 is 0 Å². The van der Waals surface area contributed by atoms with Crippen molar-refractivity contribution in [2.75, 3.05) is 6.26 Å². The molecule has 0 N–H and O–H groups in total. The van der Waals surface area contributed by atoms with Crippen molar-refractivity contribution in [3.63, 3.8) is 0 Å². The van der Waals surface area contributed by atoms with Crippen LogP contribution in [0.4, 0.5) is 0 Å². The van der Waals surface area contributed by atoms with Gasteiger partial charge in [0.15, 0.2) is 15.6 Å². The summed E-state index contributed by atoms with van der Waals surface area (Å²) >= 11 is 0. The number of benzene rings is 1. The zero-order chi connectivity index (χ0) is 25.5. The van der Waals surface area contributed by atoms with Gasteiger partial charge in [0.1, 0.15) is 11.1 Å². The first-order valence-corrected chi connectivity index (χ1v) is 12.5. The average molecular weight is 497 g/mol. The highest BCUT2D eigenvalue weighted by Crippen LogP contribution is 2.28. The zero-order valence-corrected chi connectivity index (χ0v) is 20.7. The fraction of sp³-hybridized carbons (Fsp3) is 0.261. The average Bonchev–Trinajstić information content (AvgIpc) is 3.49. The molecule has 35 heavy (non-hydrogen) atoms. The molecule has 0 amide bonds. The smallest absolute Gasteiger partial charge is 0.348 e. The van der Waals surface area contributed by atoms with Gasteiger partial charge in [-0.15, -0.1) is 0 Å². The number of ether oxygens (including phenoxy) is 1. The van der Waals surface area contributed by atoms with Gasteiger partial charge in [-0.2, -0.15) is 15.3 Å². The fourth-order valence-electron chi connectivity index (χ4n) is 3.87. The molecule has 0 fully saturated rings. The van der Waals surface area contributed by atoms with Gasteiger partial charge in [0, 0.05) is 44.5 Å². The minimum Gasteiger partial charge on any atom is -0.403 e. The van der Waals surface area contributed by atoms with Crippen LogP contribution in [-0.2, 0) is 30.5 Å². The molecule has 182 valence electrons. The van der Waals surface area contributed by atoms with E-state index in [1.165, 1.54) is 33.9 Å². The lowest BCUT2D eigenvalue weighted by Gasteiger charge is -2.15. The number of carbonyl (C=O) groups is 2. The summed E-state index contributed by atoms with van der Waals surface area (Å²) in [5.41, 5.74) is 2.03. The summed E-state index contributed by atoms with van der Waals surface area (Å²) in [4.78, 5) is 26.4. The van der Waals surface area contributed by atoms with Gasteiger partial charge >= 0.3 is 5.97 Å². The van der Waals surface area contributed by atoms with Crippen LogP contribution in [-0.4, -0.2) is 55.8 Å². The molecule has 0 aliphatic carbocycles. The number of nitrogens with zero attached hydrogens (tertiary/aromatic N) is 6. The van der Waals surface area contributed by atoms with Crippen LogP contribution in [0, 0.1) is 13.8 Å². The number of hydrogen-bond donors (Lipinski definition) is 0. The van der Waals surface area contributed by atoms with Crippen LogP contribution < -0.4 is 4.74 Å². The lowest BCUT2D eigenvalue weighted by molar-refractivity contribution is 0.0717. The second-order valence-corrected chi connectivity index (χ2v) is 10.2. The van der Waals surface area contributed by atoms with Crippen molar-refractivity contribution in [3.05, 3.63) is 76.5 Å². The number of hydrogen-bond acceptors (Lipinski definition) is 8. The molecule has 12 heteroatoms. The van der Waals surface area contributed by atoms with E-state index in [1.807, 2.05) is 0 Å². The van der Waals surface area contributed by atoms with Crippen molar-refractivity contribution in [1.29, 1.82) is 0 Å².